The molecule has 0 aliphatic rings. The van der Waals surface area contributed by atoms with Gasteiger partial charge in [0, 0.05) is 20.3 Å². The zero-order chi connectivity index (χ0) is 12.7. The van der Waals surface area contributed by atoms with Crippen LogP contribution in [0.4, 0.5) is 0 Å². The van der Waals surface area contributed by atoms with Crippen molar-refractivity contribution in [3.63, 3.8) is 0 Å². The van der Waals surface area contributed by atoms with E-state index in [1.807, 2.05) is 37.3 Å². The molecule has 0 radical (unpaired) electrons. The van der Waals surface area contributed by atoms with Crippen LogP contribution in [0.2, 0.25) is 6.04 Å². The van der Waals surface area contributed by atoms with E-state index in [0.29, 0.717) is 6.61 Å². The van der Waals surface area contributed by atoms with Crippen LogP contribution in [-0.2, 0) is 19.9 Å². The Bertz CT molecular complexity index is 353. The summed E-state index contributed by atoms with van der Waals surface area (Å²) in [5.74, 6) is 0. The first-order valence-corrected chi connectivity index (χ1v) is 7.59. The first-order valence-electron chi connectivity index (χ1n) is 5.66. The topological polar surface area (TPSA) is 27.7 Å². The van der Waals surface area contributed by atoms with Crippen molar-refractivity contribution in [2.45, 2.75) is 19.6 Å². The molecule has 0 heterocycles. The van der Waals surface area contributed by atoms with Gasteiger partial charge in [-0.1, -0.05) is 43.8 Å². The van der Waals surface area contributed by atoms with E-state index < -0.39 is 8.80 Å². The Morgan fingerprint density at radius 1 is 1.24 bits per heavy atom. The molecule has 4 heteroatoms. The molecule has 1 aromatic carbocycles. The van der Waals surface area contributed by atoms with Gasteiger partial charge in [-0.2, -0.15) is 0 Å². The third-order valence-electron chi connectivity index (χ3n) is 2.78. The normalized spacial score (nSPS) is 11.5. The van der Waals surface area contributed by atoms with E-state index in [1.165, 1.54) is 0 Å². The average Bonchev–Trinajstić information content (AvgIpc) is 2.41. The van der Waals surface area contributed by atoms with Gasteiger partial charge in [0.25, 0.3) is 0 Å². The lowest BCUT2D eigenvalue weighted by molar-refractivity contribution is 0.0926. The number of hydrogen-bond acceptors (Lipinski definition) is 3. The van der Waals surface area contributed by atoms with Crippen LogP contribution in [0, 0.1) is 0 Å². The monoisotopic (exact) mass is 252 g/mol. The lowest BCUT2D eigenvalue weighted by Gasteiger charge is -2.25. The first-order chi connectivity index (χ1) is 8.21. The molecule has 0 N–H and O–H groups in total. The predicted octanol–water partition coefficient (Wildman–Crippen LogP) is 3.10. The minimum atomic E-state index is -2.47. The highest BCUT2D eigenvalue weighted by atomic mass is 28.4. The molecular formula is C13H20O3Si. The van der Waals surface area contributed by atoms with Crippen molar-refractivity contribution < 1.29 is 13.3 Å². The molecule has 0 saturated heterocycles. The highest BCUT2D eigenvalue weighted by Crippen LogP contribution is 2.18. The van der Waals surface area contributed by atoms with Crippen LogP contribution in [0.5, 0.6) is 0 Å². The van der Waals surface area contributed by atoms with E-state index in [2.05, 4.69) is 6.58 Å². The summed E-state index contributed by atoms with van der Waals surface area (Å²) in [5.41, 5.74) is 2.18. The minimum absolute atomic E-state index is 0.490. The predicted molar refractivity (Wildman–Crippen MR) is 71.6 cm³/mol. The molecule has 0 aliphatic heterocycles. The molecule has 1 aromatic rings. The van der Waals surface area contributed by atoms with Crippen molar-refractivity contribution in [1.82, 2.24) is 0 Å². The SMILES string of the molecule is C=Cc1ccccc1CO[Si](CC)(OC)OC. The van der Waals surface area contributed by atoms with Gasteiger partial charge in [0.05, 0.1) is 6.61 Å². The maximum Gasteiger partial charge on any atom is 0.500 e. The molecule has 0 atom stereocenters. The van der Waals surface area contributed by atoms with Crippen molar-refractivity contribution in [2.24, 2.45) is 0 Å². The van der Waals surface area contributed by atoms with Crippen molar-refractivity contribution >= 4 is 14.9 Å². The van der Waals surface area contributed by atoms with E-state index in [-0.39, 0.29) is 0 Å². The second-order valence-corrected chi connectivity index (χ2v) is 6.81. The van der Waals surface area contributed by atoms with Crippen LogP contribution < -0.4 is 0 Å². The van der Waals surface area contributed by atoms with Crippen molar-refractivity contribution in [1.29, 1.82) is 0 Å². The van der Waals surface area contributed by atoms with E-state index in [0.717, 1.165) is 17.2 Å². The van der Waals surface area contributed by atoms with E-state index in [4.69, 9.17) is 13.3 Å². The molecule has 3 nitrogen and oxygen atoms in total. The van der Waals surface area contributed by atoms with Gasteiger partial charge in [0.1, 0.15) is 0 Å². The van der Waals surface area contributed by atoms with Gasteiger partial charge in [-0.3, -0.25) is 0 Å². The van der Waals surface area contributed by atoms with Gasteiger partial charge in [0.15, 0.2) is 0 Å². The zero-order valence-electron chi connectivity index (χ0n) is 10.7. The van der Waals surface area contributed by atoms with Gasteiger partial charge in [0.2, 0.25) is 0 Å². The van der Waals surface area contributed by atoms with Crippen LogP contribution in [0.25, 0.3) is 6.08 Å². The van der Waals surface area contributed by atoms with Crippen LogP contribution in [-0.4, -0.2) is 23.0 Å². The summed E-state index contributed by atoms with van der Waals surface area (Å²) in [7, 11) is 0.805. The van der Waals surface area contributed by atoms with E-state index in [9.17, 15) is 0 Å². The Balaban J connectivity index is 2.75. The summed E-state index contributed by atoms with van der Waals surface area (Å²) in [5, 5.41) is 0. The third kappa shape index (κ3) is 3.51. The van der Waals surface area contributed by atoms with Crippen LogP contribution in [0.15, 0.2) is 30.8 Å². The van der Waals surface area contributed by atoms with Crippen molar-refractivity contribution in [3.05, 3.63) is 42.0 Å². The Morgan fingerprint density at radius 2 is 1.88 bits per heavy atom. The van der Waals surface area contributed by atoms with Crippen molar-refractivity contribution in [2.75, 3.05) is 14.2 Å². The van der Waals surface area contributed by atoms with Crippen LogP contribution in [0.1, 0.15) is 18.1 Å². The summed E-state index contributed by atoms with van der Waals surface area (Å²) >= 11 is 0. The average molecular weight is 252 g/mol. The van der Waals surface area contributed by atoms with Gasteiger partial charge >= 0.3 is 8.80 Å². The second kappa shape index (κ2) is 6.71. The maximum absolute atomic E-state index is 5.85. The van der Waals surface area contributed by atoms with Gasteiger partial charge in [-0.25, -0.2) is 0 Å². The fourth-order valence-corrected chi connectivity index (χ4v) is 3.20. The quantitative estimate of drug-likeness (QED) is 0.698. The molecular weight excluding hydrogens is 232 g/mol. The van der Waals surface area contributed by atoms with E-state index in [1.54, 1.807) is 14.2 Å². The molecule has 17 heavy (non-hydrogen) atoms. The Labute approximate surface area is 104 Å². The zero-order valence-corrected chi connectivity index (χ0v) is 11.7. The number of hydrogen-bond donors (Lipinski definition) is 0. The Kier molecular flexibility index (Phi) is 5.57. The van der Waals surface area contributed by atoms with Gasteiger partial charge < -0.3 is 13.3 Å². The van der Waals surface area contributed by atoms with E-state index >= 15 is 0 Å². The molecule has 94 valence electrons. The summed E-state index contributed by atoms with van der Waals surface area (Å²) in [6.45, 7) is 6.29. The molecule has 0 spiro atoms. The molecule has 0 aromatic heterocycles. The highest BCUT2D eigenvalue weighted by Gasteiger charge is 2.36. The third-order valence-corrected chi connectivity index (χ3v) is 5.47. The van der Waals surface area contributed by atoms with Crippen LogP contribution in [0.3, 0.4) is 0 Å². The van der Waals surface area contributed by atoms with Crippen LogP contribution >= 0.6 is 0 Å². The highest BCUT2D eigenvalue weighted by molar-refractivity contribution is 6.60. The summed E-state index contributed by atoms with van der Waals surface area (Å²) in [6.07, 6.45) is 1.83. The lowest BCUT2D eigenvalue weighted by atomic mass is 10.1. The lowest BCUT2D eigenvalue weighted by Crippen LogP contribution is -2.42. The molecule has 0 saturated carbocycles. The second-order valence-electron chi connectivity index (χ2n) is 3.64. The molecule has 0 fully saturated rings. The molecule has 0 bridgehead atoms. The maximum atomic E-state index is 5.85. The molecule has 0 amide bonds. The largest absolute Gasteiger partial charge is 0.500 e. The summed E-state index contributed by atoms with van der Waals surface area (Å²) < 4.78 is 16.7. The summed E-state index contributed by atoms with van der Waals surface area (Å²) in [4.78, 5) is 0. The van der Waals surface area contributed by atoms with Crippen molar-refractivity contribution in [3.8, 4) is 0 Å². The minimum Gasteiger partial charge on any atom is -0.377 e. The molecule has 1 rings (SSSR count). The first kappa shape index (κ1) is 14.1. The smallest absolute Gasteiger partial charge is 0.377 e. The summed E-state index contributed by atoms with van der Waals surface area (Å²) in [6, 6.07) is 8.77. The van der Waals surface area contributed by atoms with Gasteiger partial charge in [-0.05, 0) is 11.1 Å². The standard InChI is InChI=1S/C13H20O3Si/c1-5-12-9-7-8-10-13(12)11-16-17(6-2,14-3)15-4/h5,7-10H,1,6,11H2,2-4H3. The fourth-order valence-electron chi connectivity index (χ4n) is 1.64. The fraction of sp³-hybridized carbons (Fsp3) is 0.385. The Hall–Kier alpha value is -0.943. The Morgan fingerprint density at radius 3 is 2.41 bits per heavy atom. The van der Waals surface area contributed by atoms with Gasteiger partial charge in [-0.15, -0.1) is 0 Å². The number of rotatable bonds is 7. The molecule has 0 aliphatic carbocycles. The molecule has 0 unspecified atom stereocenters. The number of benzene rings is 1.